The lowest BCUT2D eigenvalue weighted by Gasteiger charge is -2.62. The van der Waals surface area contributed by atoms with Crippen molar-refractivity contribution < 1.29 is 53.7 Å². The number of hydrogen-bond donors (Lipinski definition) is 3. The van der Waals surface area contributed by atoms with Gasteiger partial charge in [-0.05, 0) is 54.6 Å². The van der Waals surface area contributed by atoms with Crippen LogP contribution in [0.15, 0.2) is 60.8 Å². The third-order valence-corrected chi connectivity index (χ3v) is 9.62. The Labute approximate surface area is 265 Å². The van der Waals surface area contributed by atoms with Crippen molar-refractivity contribution in [1.82, 2.24) is 0 Å². The summed E-state index contributed by atoms with van der Waals surface area (Å²) in [4.78, 5) is 42.7. The molecular formula is C34H48O11. The normalized spacial score (nSPS) is 34.8. The van der Waals surface area contributed by atoms with Gasteiger partial charge in [-0.25, -0.2) is 9.68 Å². The Morgan fingerprint density at radius 3 is 2.42 bits per heavy atom. The van der Waals surface area contributed by atoms with Gasteiger partial charge in [-0.3, -0.25) is 19.6 Å². The molecule has 0 unspecified atom stereocenters. The van der Waals surface area contributed by atoms with Gasteiger partial charge in [0.2, 0.25) is 12.6 Å². The van der Waals surface area contributed by atoms with Crippen LogP contribution in [-0.2, 0) is 38.2 Å². The number of esters is 3. The fraction of sp³-hybridized carbons (Fsp3) is 0.618. The van der Waals surface area contributed by atoms with Crippen molar-refractivity contribution in [3.8, 4) is 0 Å². The summed E-state index contributed by atoms with van der Waals surface area (Å²) in [5, 5.41) is 33.0. The topological polar surface area (TPSA) is 158 Å². The van der Waals surface area contributed by atoms with Crippen LogP contribution in [0.5, 0.6) is 0 Å². The summed E-state index contributed by atoms with van der Waals surface area (Å²) >= 11 is 0. The van der Waals surface area contributed by atoms with Crippen LogP contribution in [-0.4, -0.2) is 70.4 Å². The van der Waals surface area contributed by atoms with Gasteiger partial charge < -0.3 is 24.4 Å². The monoisotopic (exact) mass is 632 g/mol. The van der Waals surface area contributed by atoms with Gasteiger partial charge in [0.15, 0.2) is 0 Å². The van der Waals surface area contributed by atoms with Gasteiger partial charge in [-0.15, -0.1) is 0 Å². The third kappa shape index (κ3) is 7.49. The molecule has 0 aromatic rings. The van der Waals surface area contributed by atoms with Gasteiger partial charge in [0.1, 0.15) is 17.6 Å². The van der Waals surface area contributed by atoms with E-state index in [0.717, 1.165) is 25.7 Å². The predicted octanol–water partition coefficient (Wildman–Crippen LogP) is 4.70. The molecule has 3 rings (SSSR count). The Morgan fingerprint density at radius 2 is 1.82 bits per heavy atom. The maximum atomic E-state index is 13.3. The standard InChI is InChI=1S/C34H48O11/c1-8-10-11-12-13-14-15-16-28(38)43-30-29(39)21(4)33(7,19-26(45-40)20(3)9-2)27-18-24(37)17-25-31(41-22(5)35)44-32(34(25,27)30)42-23(6)36/h9,13-17,21,24,26-27,29-32,37,39-40H,2-3,8,10-12,18-19H2,1,4-7H3/b14-13+,16-15-/t21-,24+,26-,27+,29-,30+,31+,32-,33-,34-/m1/s1. The molecule has 2 aliphatic carbocycles. The quantitative estimate of drug-likeness (QED) is 0.0356. The lowest BCUT2D eigenvalue weighted by Crippen LogP contribution is -2.69. The van der Waals surface area contributed by atoms with E-state index in [0.29, 0.717) is 5.57 Å². The minimum absolute atomic E-state index is 0.0636. The van der Waals surface area contributed by atoms with E-state index in [9.17, 15) is 29.9 Å². The molecule has 250 valence electrons. The molecule has 1 saturated carbocycles. The summed E-state index contributed by atoms with van der Waals surface area (Å²) < 4.78 is 23.3. The fourth-order valence-corrected chi connectivity index (χ4v) is 7.27. The van der Waals surface area contributed by atoms with Crippen molar-refractivity contribution in [3.63, 3.8) is 0 Å². The number of aliphatic hydroxyl groups is 2. The van der Waals surface area contributed by atoms with E-state index in [4.69, 9.17) is 23.8 Å². The molecule has 1 spiro atoms. The number of rotatable bonds is 14. The van der Waals surface area contributed by atoms with E-state index in [2.05, 4.69) is 20.1 Å². The second-order valence-electron chi connectivity index (χ2n) is 12.4. The number of carbonyl (C=O) groups excluding carboxylic acids is 3. The molecule has 45 heavy (non-hydrogen) atoms. The number of ether oxygens (including phenoxy) is 4. The van der Waals surface area contributed by atoms with Gasteiger partial charge in [-0.1, -0.05) is 71.1 Å². The van der Waals surface area contributed by atoms with Gasteiger partial charge in [-0.2, -0.15) is 0 Å². The van der Waals surface area contributed by atoms with Crippen LogP contribution in [0.4, 0.5) is 0 Å². The highest BCUT2D eigenvalue weighted by molar-refractivity contribution is 5.82. The van der Waals surface area contributed by atoms with Crippen LogP contribution in [0.2, 0.25) is 0 Å². The molecule has 11 nitrogen and oxygen atoms in total. The average Bonchev–Trinajstić information content (AvgIpc) is 3.27. The van der Waals surface area contributed by atoms with Crippen LogP contribution < -0.4 is 0 Å². The average molecular weight is 633 g/mol. The van der Waals surface area contributed by atoms with Crippen LogP contribution in [0.25, 0.3) is 0 Å². The summed E-state index contributed by atoms with van der Waals surface area (Å²) in [5.41, 5.74) is -2.04. The maximum Gasteiger partial charge on any atom is 0.331 e. The number of allylic oxidation sites excluding steroid dienone is 3. The first-order chi connectivity index (χ1) is 21.3. The summed E-state index contributed by atoms with van der Waals surface area (Å²) in [6, 6.07) is 0. The fourth-order valence-electron chi connectivity index (χ4n) is 7.27. The van der Waals surface area contributed by atoms with E-state index in [-0.39, 0.29) is 18.4 Å². The van der Waals surface area contributed by atoms with E-state index < -0.39 is 77.6 Å². The highest BCUT2D eigenvalue weighted by atomic mass is 17.1. The Balaban J connectivity index is 2.18. The van der Waals surface area contributed by atoms with Crippen molar-refractivity contribution in [2.24, 2.45) is 22.7 Å². The van der Waals surface area contributed by atoms with Crippen LogP contribution in [0, 0.1) is 22.7 Å². The van der Waals surface area contributed by atoms with Gasteiger partial charge in [0.05, 0.1) is 12.2 Å². The Bertz CT molecular complexity index is 1200. The molecular weight excluding hydrogens is 584 g/mol. The van der Waals surface area contributed by atoms with Crippen molar-refractivity contribution in [2.45, 2.75) is 110 Å². The van der Waals surface area contributed by atoms with Gasteiger partial charge in [0, 0.05) is 25.5 Å². The molecule has 1 aliphatic heterocycles. The van der Waals surface area contributed by atoms with Crippen molar-refractivity contribution in [1.29, 1.82) is 0 Å². The predicted molar refractivity (Wildman–Crippen MR) is 164 cm³/mol. The molecule has 10 atom stereocenters. The number of aliphatic hydroxyl groups excluding tert-OH is 2. The first kappa shape index (κ1) is 36.4. The minimum Gasteiger partial charge on any atom is -0.455 e. The lowest BCUT2D eigenvalue weighted by atomic mass is 9.44. The molecule has 1 saturated heterocycles. The number of carbonyl (C=O) groups is 3. The summed E-state index contributed by atoms with van der Waals surface area (Å²) in [6.45, 7) is 15.7. The minimum atomic E-state index is -1.61. The second-order valence-corrected chi connectivity index (χ2v) is 12.4. The maximum absolute atomic E-state index is 13.3. The van der Waals surface area contributed by atoms with E-state index in [1.54, 1.807) is 19.1 Å². The molecule has 3 N–H and O–H groups in total. The molecule has 2 fully saturated rings. The SMILES string of the molecule is C=CC(=C)[C@@H](C[C@]1(C)[C@H](C)[C@@H](O)[C@H](OC(=O)/C=C\C=C\CCCCC)[C@@]23C(=C[C@H](O)C[C@@H]12)[C@@H](OC(C)=O)O[C@H]3OC(C)=O)OO. The molecule has 11 heteroatoms. The Kier molecular flexibility index (Phi) is 12.5. The lowest BCUT2D eigenvalue weighted by molar-refractivity contribution is -0.298. The second kappa shape index (κ2) is 15.5. The van der Waals surface area contributed by atoms with E-state index in [1.165, 1.54) is 32.1 Å². The molecule has 0 radical (unpaired) electrons. The molecule has 0 bridgehead atoms. The first-order valence-corrected chi connectivity index (χ1v) is 15.5. The molecule has 3 aliphatic rings. The third-order valence-electron chi connectivity index (χ3n) is 9.62. The number of unbranched alkanes of at least 4 members (excludes halogenated alkanes) is 3. The van der Waals surface area contributed by atoms with Crippen LogP contribution in [0.3, 0.4) is 0 Å². The van der Waals surface area contributed by atoms with Crippen LogP contribution in [0.1, 0.15) is 73.1 Å². The van der Waals surface area contributed by atoms with Crippen LogP contribution >= 0.6 is 0 Å². The van der Waals surface area contributed by atoms with Crippen molar-refractivity contribution in [3.05, 3.63) is 60.8 Å². The zero-order valence-corrected chi connectivity index (χ0v) is 26.8. The zero-order valence-electron chi connectivity index (χ0n) is 26.8. The van der Waals surface area contributed by atoms with Crippen molar-refractivity contribution in [2.75, 3.05) is 0 Å². The van der Waals surface area contributed by atoms with E-state index >= 15 is 0 Å². The molecule has 1 heterocycles. The van der Waals surface area contributed by atoms with Gasteiger partial charge >= 0.3 is 17.9 Å². The summed E-state index contributed by atoms with van der Waals surface area (Å²) in [7, 11) is 0. The van der Waals surface area contributed by atoms with E-state index in [1.807, 2.05) is 13.0 Å². The smallest absolute Gasteiger partial charge is 0.331 e. The highest BCUT2D eigenvalue weighted by Gasteiger charge is 2.75. The highest BCUT2D eigenvalue weighted by Crippen LogP contribution is 2.68. The molecule has 0 aromatic heterocycles. The Morgan fingerprint density at radius 1 is 1.13 bits per heavy atom. The largest absolute Gasteiger partial charge is 0.455 e. The summed E-state index contributed by atoms with van der Waals surface area (Å²) in [6.07, 6.45) is 5.94. The van der Waals surface area contributed by atoms with Gasteiger partial charge in [0.25, 0.3) is 0 Å². The molecule has 0 aromatic carbocycles. The Hall–Kier alpha value is -3.09. The summed E-state index contributed by atoms with van der Waals surface area (Å²) in [5.74, 6) is -3.57. The number of hydrogen-bond acceptors (Lipinski definition) is 11. The molecule has 0 amide bonds. The zero-order chi connectivity index (χ0) is 33.5. The van der Waals surface area contributed by atoms with Crippen molar-refractivity contribution >= 4 is 17.9 Å². The first-order valence-electron chi connectivity index (χ1n) is 15.5.